The maximum atomic E-state index is 14.7. The highest BCUT2D eigenvalue weighted by Crippen LogP contribution is 2.33. The molecule has 0 fully saturated rings. The molecule has 12 heteroatoms. The van der Waals surface area contributed by atoms with Crippen LogP contribution in [0.3, 0.4) is 0 Å². The van der Waals surface area contributed by atoms with Crippen molar-refractivity contribution in [1.82, 2.24) is 40.0 Å². The number of nitrogens with one attached hydrogen (secondary N) is 3. The lowest BCUT2D eigenvalue weighted by molar-refractivity contribution is 0.102. The Balaban J connectivity index is 1.21. The van der Waals surface area contributed by atoms with Gasteiger partial charge in [0, 0.05) is 53.5 Å². The topological polar surface area (TPSA) is 138 Å². The molecule has 0 aliphatic heterocycles. The van der Waals surface area contributed by atoms with Crippen LogP contribution >= 0.6 is 0 Å². The van der Waals surface area contributed by atoms with Gasteiger partial charge in [-0.05, 0) is 62.1 Å². The number of fused-ring (bicyclic) bond motifs is 2. The van der Waals surface area contributed by atoms with Crippen LogP contribution in [-0.2, 0) is 0 Å². The first-order valence-electron chi connectivity index (χ1n) is 14.5. The van der Waals surface area contributed by atoms with Gasteiger partial charge in [-0.1, -0.05) is 18.2 Å². The van der Waals surface area contributed by atoms with Gasteiger partial charge >= 0.3 is 0 Å². The number of carbonyl (C=O) groups excluding carboxylic acids is 1. The average molecular weight is 614 g/mol. The van der Waals surface area contributed by atoms with Gasteiger partial charge in [-0.2, -0.15) is 5.10 Å². The molecule has 0 saturated carbocycles. The predicted molar refractivity (Wildman–Crippen MR) is 174 cm³/mol. The molecule has 228 valence electrons. The highest BCUT2D eigenvalue weighted by molar-refractivity contribution is 6.04. The van der Waals surface area contributed by atoms with E-state index in [1.165, 1.54) is 12.1 Å². The number of pyridine rings is 3. The van der Waals surface area contributed by atoms with E-state index < -0.39 is 5.82 Å². The minimum atomic E-state index is -0.409. The minimum absolute atomic E-state index is 0.227. The SMILES string of the molecule is CN(C)CCOc1cc(F)cc(-c2ccnc3[nH]c(-c4n[nH]c5ncc(-c6cncc(NC(=O)c7ccccc7)c6)cc45)nc23)c1. The third-order valence-electron chi connectivity index (χ3n) is 7.38. The van der Waals surface area contributed by atoms with E-state index in [2.05, 4.69) is 35.5 Å². The molecule has 0 aliphatic rings. The fourth-order valence-corrected chi connectivity index (χ4v) is 5.10. The number of anilines is 1. The van der Waals surface area contributed by atoms with Crippen LogP contribution in [0.5, 0.6) is 5.75 Å². The summed E-state index contributed by atoms with van der Waals surface area (Å²) in [6, 6.07) is 19.2. The van der Waals surface area contributed by atoms with Crippen LogP contribution in [0.4, 0.5) is 10.1 Å². The second-order valence-electron chi connectivity index (χ2n) is 10.9. The molecule has 3 N–H and O–H groups in total. The highest BCUT2D eigenvalue weighted by atomic mass is 19.1. The first-order chi connectivity index (χ1) is 22.4. The fourth-order valence-electron chi connectivity index (χ4n) is 5.10. The summed E-state index contributed by atoms with van der Waals surface area (Å²) >= 11 is 0. The lowest BCUT2D eigenvalue weighted by Gasteiger charge is -2.12. The van der Waals surface area contributed by atoms with Crippen LogP contribution in [0, 0.1) is 5.82 Å². The number of ether oxygens (including phenoxy) is 1. The van der Waals surface area contributed by atoms with Crippen LogP contribution in [0.1, 0.15) is 10.4 Å². The summed E-state index contributed by atoms with van der Waals surface area (Å²) in [6.07, 6.45) is 6.66. The Kier molecular flexibility index (Phi) is 7.61. The molecule has 5 heterocycles. The van der Waals surface area contributed by atoms with Crippen LogP contribution in [0.2, 0.25) is 0 Å². The van der Waals surface area contributed by atoms with Crippen molar-refractivity contribution in [3.8, 4) is 39.5 Å². The Hall–Kier alpha value is -6.01. The molecule has 46 heavy (non-hydrogen) atoms. The second kappa shape index (κ2) is 12.2. The van der Waals surface area contributed by atoms with Crippen molar-refractivity contribution in [2.24, 2.45) is 0 Å². The number of benzene rings is 2. The van der Waals surface area contributed by atoms with Gasteiger partial charge in [-0.15, -0.1) is 0 Å². The molecule has 7 aromatic rings. The Morgan fingerprint density at radius 1 is 0.935 bits per heavy atom. The maximum absolute atomic E-state index is 14.7. The lowest BCUT2D eigenvalue weighted by atomic mass is 10.1. The molecule has 2 aromatic carbocycles. The molecular weight excluding hydrogens is 585 g/mol. The number of H-pyrrole nitrogens is 2. The predicted octanol–water partition coefficient (Wildman–Crippen LogP) is 5.96. The molecule has 1 amide bonds. The number of likely N-dealkylation sites (N-methyl/N-ethyl adjacent to an activating group) is 1. The first kappa shape index (κ1) is 28.7. The number of amides is 1. The molecule has 0 aliphatic carbocycles. The Morgan fingerprint density at radius 2 is 1.78 bits per heavy atom. The zero-order valence-corrected chi connectivity index (χ0v) is 25.0. The zero-order valence-electron chi connectivity index (χ0n) is 25.0. The first-order valence-corrected chi connectivity index (χ1v) is 14.5. The van der Waals surface area contributed by atoms with Crippen molar-refractivity contribution in [3.63, 3.8) is 0 Å². The van der Waals surface area contributed by atoms with Crippen molar-refractivity contribution >= 4 is 33.8 Å². The van der Waals surface area contributed by atoms with Crippen LogP contribution in [0.15, 0.2) is 91.5 Å². The molecule has 0 saturated heterocycles. The van der Waals surface area contributed by atoms with E-state index in [4.69, 9.17) is 9.72 Å². The van der Waals surface area contributed by atoms with Crippen molar-refractivity contribution in [2.75, 3.05) is 32.6 Å². The number of halogens is 1. The number of imidazole rings is 1. The van der Waals surface area contributed by atoms with E-state index >= 15 is 0 Å². The van der Waals surface area contributed by atoms with E-state index in [-0.39, 0.29) is 5.91 Å². The van der Waals surface area contributed by atoms with Gasteiger partial charge in [0.1, 0.15) is 29.4 Å². The Bertz CT molecular complexity index is 2190. The van der Waals surface area contributed by atoms with Gasteiger partial charge < -0.3 is 19.9 Å². The third kappa shape index (κ3) is 5.88. The maximum Gasteiger partial charge on any atom is 0.255 e. The van der Waals surface area contributed by atoms with E-state index in [1.54, 1.807) is 49.1 Å². The molecule has 0 bridgehead atoms. The van der Waals surface area contributed by atoms with E-state index in [9.17, 15) is 9.18 Å². The summed E-state index contributed by atoms with van der Waals surface area (Å²) in [4.78, 5) is 36.1. The van der Waals surface area contributed by atoms with Crippen molar-refractivity contribution in [2.45, 2.75) is 0 Å². The Labute approximate surface area is 262 Å². The molecule has 11 nitrogen and oxygen atoms in total. The number of nitrogens with zero attached hydrogens (tertiary/aromatic N) is 6. The van der Waals surface area contributed by atoms with Crippen molar-refractivity contribution < 1.29 is 13.9 Å². The number of hydrogen-bond acceptors (Lipinski definition) is 8. The molecular formula is C34H28FN9O2. The van der Waals surface area contributed by atoms with Gasteiger partial charge in [0.2, 0.25) is 0 Å². The van der Waals surface area contributed by atoms with E-state index in [0.717, 1.165) is 16.5 Å². The number of hydrogen-bond donors (Lipinski definition) is 3. The normalized spacial score (nSPS) is 11.4. The van der Waals surface area contributed by atoms with Crippen molar-refractivity contribution in [1.29, 1.82) is 0 Å². The van der Waals surface area contributed by atoms with E-state index in [1.807, 2.05) is 49.3 Å². The quantitative estimate of drug-likeness (QED) is 0.181. The Morgan fingerprint density at radius 3 is 2.63 bits per heavy atom. The average Bonchev–Trinajstić information content (AvgIpc) is 3.69. The minimum Gasteiger partial charge on any atom is -0.492 e. The van der Waals surface area contributed by atoms with Crippen molar-refractivity contribution in [3.05, 3.63) is 103 Å². The molecule has 5 aromatic heterocycles. The molecule has 0 unspecified atom stereocenters. The molecule has 0 radical (unpaired) electrons. The standard InChI is InChI=1S/C34H28FN9O2/c1-44(2)10-11-46-26-14-21(12-24(35)16-26)27-8-9-37-32-29(27)40-33(41-32)30-28-15-23(18-38-31(28)43-42-30)22-13-25(19-36-17-22)39-34(45)20-6-4-3-5-7-20/h3-9,12-19H,10-11H2,1-2H3,(H,39,45)(H,37,40,41)(H,38,42,43). The summed E-state index contributed by atoms with van der Waals surface area (Å²) in [6.45, 7) is 1.13. The number of aromatic nitrogens is 7. The molecule has 0 spiro atoms. The van der Waals surface area contributed by atoms with Gasteiger partial charge in [0.25, 0.3) is 5.91 Å². The lowest BCUT2D eigenvalue weighted by Crippen LogP contribution is -2.19. The van der Waals surface area contributed by atoms with Gasteiger partial charge in [0.15, 0.2) is 17.1 Å². The molecule has 7 rings (SSSR count). The number of rotatable bonds is 9. The van der Waals surface area contributed by atoms with Gasteiger partial charge in [-0.25, -0.2) is 19.3 Å². The summed E-state index contributed by atoms with van der Waals surface area (Å²) in [7, 11) is 3.90. The highest BCUT2D eigenvalue weighted by Gasteiger charge is 2.18. The smallest absolute Gasteiger partial charge is 0.255 e. The zero-order chi connectivity index (χ0) is 31.6. The van der Waals surface area contributed by atoms with E-state index in [0.29, 0.717) is 69.6 Å². The second-order valence-corrected chi connectivity index (χ2v) is 10.9. The van der Waals surface area contributed by atoms with Gasteiger partial charge in [0.05, 0.1) is 17.3 Å². The van der Waals surface area contributed by atoms with Crippen LogP contribution < -0.4 is 10.1 Å². The number of aromatic amines is 2. The third-order valence-corrected chi connectivity index (χ3v) is 7.38. The summed E-state index contributed by atoms with van der Waals surface area (Å²) < 4.78 is 20.5. The summed E-state index contributed by atoms with van der Waals surface area (Å²) in [5.41, 5.74) is 6.15. The molecule has 0 atom stereocenters. The number of carbonyl (C=O) groups is 1. The summed E-state index contributed by atoms with van der Waals surface area (Å²) in [5.74, 6) is 0.274. The fraction of sp³-hybridized carbons (Fsp3) is 0.118. The monoisotopic (exact) mass is 613 g/mol. The largest absolute Gasteiger partial charge is 0.492 e. The van der Waals surface area contributed by atoms with Gasteiger partial charge in [-0.3, -0.25) is 14.9 Å². The van der Waals surface area contributed by atoms with Crippen LogP contribution in [0.25, 0.3) is 56.0 Å². The van der Waals surface area contributed by atoms with Crippen LogP contribution in [-0.4, -0.2) is 73.2 Å². The summed E-state index contributed by atoms with van der Waals surface area (Å²) in [5, 5.41) is 11.1.